The molecular formula is C36H49N5O3S. The Morgan fingerprint density at radius 2 is 1.42 bits per heavy atom. The average molecular weight is 632 g/mol. The normalized spacial score (nSPS) is 23.4. The smallest absolute Gasteiger partial charge is 0.233 e. The van der Waals surface area contributed by atoms with Gasteiger partial charge in [-0.25, -0.2) is 0 Å². The molecule has 4 saturated heterocycles. The van der Waals surface area contributed by atoms with Crippen LogP contribution in [-0.4, -0.2) is 120 Å². The molecule has 1 aromatic carbocycles. The highest BCUT2D eigenvalue weighted by Crippen LogP contribution is 2.44. The molecule has 2 aromatic heterocycles. The summed E-state index contributed by atoms with van der Waals surface area (Å²) in [5, 5.41) is 0.962. The minimum atomic E-state index is -0.631. The molecule has 0 radical (unpaired) electrons. The SMILES string of the molecule is Cc1cc(C)cc(-c2[nH]c3sc(C(C)(C)C(=O)N4C5CCC4CC5)cc3c2C(=O)CN2CCN(CCN3CCOCC3)CC2)c1. The number of morpholine rings is 1. The van der Waals surface area contributed by atoms with Crippen LogP contribution in [0, 0.1) is 13.8 Å². The molecule has 7 rings (SSSR count). The zero-order valence-corrected chi connectivity index (χ0v) is 28.3. The fraction of sp³-hybridized carbons (Fsp3) is 0.611. The minimum absolute atomic E-state index is 0.156. The van der Waals surface area contributed by atoms with Crippen molar-refractivity contribution in [1.29, 1.82) is 0 Å². The summed E-state index contributed by atoms with van der Waals surface area (Å²) in [5.41, 5.74) is 4.47. The van der Waals surface area contributed by atoms with Crippen LogP contribution in [0.4, 0.5) is 0 Å². The lowest BCUT2D eigenvalue weighted by Crippen LogP contribution is -2.50. The highest BCUT2D eigenvalue weighted by molar-refractivity contribution is 7.19. The second-order valence-electron chi connectivity index (χ2n) is 14.4. The summed E-state index contributed by atoms with van der Waals surface area (Å²) in [5.74, 6) is 0.397. The van der Waals surface area contributed by atoms with E-state index in [1.165, 1.54) is 11.1 Å². The van der Waals surface area contributed by atoms with Crippen molar-refractivity contribution < 1.29 is 14.3 Å². The molecule has 4 fully saturated rings. The molecule has 8 nitrogen and oxygen atoms in total. The molecule has 3 aromatic rings. The Bertz CT molecular complexity index is 1520. The van der Waals surface area contributed by atoms with E-state index in [4.69, 9.17) is 4.74 Å². The number of fused-ring (bicyclic) bond motifs is 3. The molecule has 0 aliphatic carbocycles. The minimum Gasteiger partial charge on any atom is -0.379 e. The quantitative estimate of drug-likeness (QED) is 0.333. The molecule has 4 aliphatic heterocycles. The van der Waals surface area contributed by atoms with Crippen LogP contribution in [0.1, 0.15) is 65.9 Å². The van der Waals surface area contributed by atoms with Crippen LogP contribution in [0.3, 0.4) is 0 Å². The zero-order chi connectivity index (χ0) is 31.3. The van der Waals surface area contributed by atoms with E-state index < -0.39 is 5.41 Å². The second-order valence-corrected chi connectivity index (χ2v) is 15.5. The van der Waals surface area contributed by atoms with Gasteiger partial charge in [0.15, 0.2) is 5.78 Å². The summed E-state index contributed by atoms with van der Waals surface area (Å²) in [7, 11) is 0. The van der Waals surface area contributed by atoms with Gasteiger partial charge in [-0.15, -0.1) is 11.3 Å². The van der Waals surface area contributed by atoms with Gasteiger partial charge in [0.25, 0.3) is 0 Å². The van der Waals surface area contributed by atoms with Crippen molar-refractivity contribution in [3.63, 3.8) is 0 Å². The highest BCUT2D eigenvalue weighted by atomic mass is 32.1. The topological polar surface area (TPSA) is 72.1 Å². The number of nitrogens with zero attached hydrogens (tertiary/aromatic N) is 4. The van der Waals surface area contributed by atoms with Gasteiger partial charge in [-0.1, -0.05) is 17.2 Å². The predicted octanol–water partition coefficient (Wildman–Crippen LogP) is 5.08. The Balaban J connectivity index is 1.12. The number of carbonyl (C=O) groups excluding carboxylic acids is 2. The van der Waals surface area contributed by atoms with Crippen LogP contribution in [0.25, 0.3) is 21.5 Å². The average Bonchev–Trinajstić information content (AvgIpc) is 3.80. The lowest BCUT2D eigenvalue weighted by Gasteiger charge is -2.36. The molecule has 0 saturated carbocycles. The number of Topliss-reactive ketones (excluding diaryl/α,β-unsaturated/α-hetero) is 1. The molecule has 242 valence electrons. The van der Waals surface area contributed by atoms with Gasteiger partial charge in [0.2, 0.25) is 5.91 Å². The number of H-pyrrole nitrogens is 1. The molecule has 0 atom stereocenters. The number of rotatable bonds is 9. The number of aromatic amines is 1. The van der Waals surface area contributed by atoms with Crippen LogP contribution < -0.4 is 0 Å². The standard InChI is InChI=1S/C36H49N5O3S/c1-24-19-25(2)21-26(20-24)33-32(30(42)23-40-13-11-38(12-14-40)9-10-39-15-17-44-18-16-39)29-22-31(45-34(29)37-33)36(3,4)35(43)41-27-5-6-28(41)8-7-27/h19-22,27-28,37H,5-18,23H2,1-4H3. The molecule has 0 unspecified atom stereocenters. The first-order valence-electron chi connectivity index (χ1n) is 17.0. The Kier molecular flexibility index (Phi) is 8.67. The fourth-order valence-corrected chi connectivity index (χ4v) is 9.31. The van der Waals surface area contributed by atoms with Crippen molar-refractivity contribution >= 4 is 33.2 Å². The molecule has 4 aliphatic rings. The number of thiophene rings is 1. The van der Waals surface area contributed by atoms with Crippen molar-refractivity contribution in [3.8, 4) is 11.3 Å². The van der Waals surface area contributed by atoms with Crippen LogP contribution in [0.5, 0.6) is 0 Å². The number of ether oxygens (including phenoxy) is 1. The number of aromatic nitrogens is 1. The van der Waals surface area contributed by atoms with Crippen molar-refractivity contribution in [3.05, 3.63) is 45.8 Å². The predicted molar refractivity (Wildman–Crippen MR) is 181 cm³/mol. The number of hydrogen-bond acceptors (Lipinski definition) is 7. The molecule has 1 N–H and O–H groups in total. The fourth-order valence-electron chi connectivity index (χ4n) is 8.15. The molecule has 0 spiro atoms. The number of carbonyl (C=O) groups is 2. The van der Waals surface area contributed by atoms with Gasteiger partial charge in [-0.05, 0) is 77.1 Å². The van der Waals surface area contributed by atoms with Gasteiger partial charge in [0.1, 0.15) is 4.83 Å². The van der Waals surface area contributed by atoms with Crippen molar-refractivity contribution in [2.24, 2.45) is 0 Å². The van der Waals surface area contributed by atoms with Crippen molar-refractivity contribution in [1.82, 2.24) is 24.6 Å². The van der Waals surface area contributed by atoms with Gasteiger partial charge < -0.3 is 14.6 Å². The van der Waals surface area contributed by atoms with E-state index >= 15 is 0 Å². The van der Waals surface area contributed by atoms with Gasteiger partial charge in [-0.2, -0.15) is 0 Å². The summed E-state index contributed by atoms with van der Waals surface area (Å²) in [6, 6.07) is 9.47. The van der Waals surface area contributed by atoms with E-state index in [0.717, 1.165) is 123 Å². The number of amides is 1. The monoisotopic (exact) mass is 631 g/mol. The third kappa shape index (κ3) is 6.14. The van der Waals surface area contributed by atoms with E-state index in [0.29, 0.717) is 18.6 Å². The summed E-state index contributed by atoms with van der Waals surface area (Å²) in [6.07, 6.45) is 4.55. The first-order chi connectivity index (χ1) is 21.7. The van der Waals surface area contributed by atoms with Crippen LogP contribution in [0.2, 0.25) is 0 Å². The van der Waals surface area contributed by atoms with Gasteiger partial charge >= 0.3 is 0 Å². The third-order valence-corrected chi connectivity index (χ3v) is 12.2. The third-order valence-electron chi connectivity index (χ3n) is 10.8. The largest absolute Gasteiger partial charge is 0.379 e. The number of aryl methyl sites for hydroxylation is 2. The summed E-state index contributed by atoms with van der Waals surface area (Å²) in [4.78, 5) is 43.5. The number of ketones is 1. The first kappa shape index (κ1) is 31.1. The summed E-state index contributed by atoms with van der Waals surface area (Å²) < 4.78 is 5.49. The van der Waals surface area contributed by atoms with Gasteiger partial charge in [-0.3, -0.25) is 24.3 Å². The molecular weight excluding hydrogens is 582 g/mol. The van der Waals surface area contributed by atoms with E-state index in [2.05, 4.69) is 76.5 Å². The maximum absolute atomic E-state index is 14.3. The van der Waals surface area contributed by atoms with Gasteiger partial charge in [0.05, 0.1) is 36.4 Å². The van der Waals surface area contributed by atoms with E-state index in [1.54, 1.807) is 11.3 Å². The molecule has 1 amide bonds. The molecule has 9 heteroatoms. The summed E-state index contributed by atoms with van der Waals surface area (Å²) >= 11 is 1.65. The van der Waals surface area contributed by atoms with E-state index in [-0.39, 0.29) is 11.7 Å². The van der Waals surface area contributed by atoms with Crippen molar-refractivity contribution in [2.45, 2.75) is 70.9 Å². The molecule has 45 heavy (non-hydrogen) atoms. The first-order valence-corrected chi connectivity index (χ1v) is 17.8. The second kappa shape index (κ2) is 12.6. The Morgan fingerprint density at radius 3 is 2.04 bits per heavy atom. The number of benzene rings is 1. The maximum atomic E-state index is 14.3. The van der Waals surface area contributed by atoms with Crippen molar-refractivity contribution in [2.75, 3.05) is 72.1 Å². The Morgan fingerprint density at radius 1 is 0.844 bits per heavy atom. The highest BCUT2D eigenvalue weighted by Gasteiger charge is 2.47. The van der Waals surface area contributed by atoms with Gasteiger partial charge in [0, 0.05) is 74.7 Å². The van der Waals surface area contributed by atoms with Crippen LogP contribution >= 0.6 is 11.3 Å². The summed E-state index contributed by atoms with van der Waals surface area (Å²) in [6.45, 7) is 18.4. The number of nitrogens with one attached hydrogen (secondary N) is 1. The lowest BCUT2D eigenvalue weighted by molar-refractivity contribution is -0.137. The number of piperazine rings is 1. The van der Waals surface area contributed by atoms with Crippen LogP contribution in [-0.2, 0) is 14.9 Å². The Labute approximate surface area is 271 Å². The van der Waals surface area contributed by atoms with Crippen LogP contribution in [0.15, 0.2) is 24.3 Å². The molecule has 2 bridgehead atoms. The molecule has 6 heterocycles. The van der Waals surface area contributed by atoms with E-state index in [9.17, 15) is 9.59 Å². The zero-order valence-electron chi connectivity index (χ0n) is 27.5. The Hall–Kier alpha value is -2.56. The van der Waals surface area contributed by atoms with E-state index in [1.807, 2.05) is 0 Å². The number of hydrogen-bond donors (Lipinski definition) is 1. The maximum Gasteiger partial charge on any atom is 0.233 e. The lowest BCUT2D eigenvalue weighted by atomic mass is 9.88.